The van der Waals surface area contributed by atoms with Crippen molar-refractivity contribution in [1.82, 2.24) is 10.6 Å². The number of rotatable bonds is 8. The molecule has 0 aliphatic heterocycles. The fourth-order valence-corrected chi connectivity index (χ4v) is 2.68. The monoisotopic (exact) mass is 390 g/mol. The van der Waals surface area contributed by atoms with Crippen LogP contribution in [0, 0.1) is 11.6 Å². The van der Waals surface area contributed by atoms with Crippen LogP contribution in [0.15, 0.2) is 48.5 Å². The van der Waals surface area contributed by atoms with E-state index in [0.717, 1.165) is 0 Å². The van der Waals surface area contributed by atoms with Gasteiger partial charge in [0.2, 0.25) is 11.8 Å². The van der Waals surface area contributed by atoms with Gasteiger partial charge in [0.05, 0.1) is 0 Å². The maximum absolute atomic E-state index is 13.4. The minimum absolute atomic E-state index is 0.00788. The molecule has 28 heavy (non-hydrogen) atoms. The Morgan fingerprint density at radius 3 is 2.11 bits per heavy atom. The van der Waals surface area contributed by atoms with Gasteiger partial charge in [-0.15, -0.1) is 0 Å². The van der Waals surface area contributed by atoms with Crippen molar-refractivity contribution < 1.29 is 28.3 Å². The lowest BCUT2D eigenvalue weighted by Crippen LogP contribution is -2.52. The number of carboxylic acids is 1. The number of hydrogen-bond donors (Lipinski definition) is 3. The fourth-order valence-electron chi connectivity index (χ4n) is 2.68. The van der Waals surface area contributed by atoms with Crippen LogP contribution in [-0.2, 0) is 27.2 Å². The van der Waals surface area contributed by atoms with Gasteiger partial charge < -0.3 is 15.7 Å². The molecule has 0 spiro atoms. The van der Waals surface area contributed by atoms with Crippen LogP contribution in [0.1, 0.15) is 18.1 Å². The van der Waals surface area contributed by atoms with Crippen LogP contribution in [-0.4, -0.2) is 35.0 Å². The predicted octanol–water partition coefficient (Wildman–Crippen LogP) is 1.82. The number of nitrogens with one attached hydrogen (secondary N) is 2. The number of carbonyl (C=O) groups excluding carboxylic acids is 2. The van der Waals surface area contributed by atoms with Crippen molar-refractivity contribution in [3.05, 3.63) is 71.3 Å². The lowest BCUT2D eigenvalue weighted by molar-refractivity contribution is -0.142. The minimum Gasteiger partial charge on any atom is -0.480 e. The van der Waals surface area contributed by atoms with E-state index in [1.54, 1.807) is 6.07 Å². The van der Waals surface area contributed by atoms with E-state index in [1.807, 2.05) is 0 Å². The van der Waals surface area contributed by atoms with Crippen LogP contribution in [0.2, 0.25) is 0 Å². The number of carboxylic acid groups (broad SMARTS) is 1. The third kappa shape index (κ3) is 6.46. The van der Waals surface area contributed by atoms with E-state index in [2.05, 4.69) is 10.6 Å². The molecule has 0 bridgehead atoms. The van der Waals surface area contributed by atoms with Crippen LogP contribution in [0.5, 0.6) is 0 Å². The van der Waals surface area contributed by atoms with Gasteiger partial charge >= 0.3 is 5.97 Å². The first-order valence-electron chi connectivity index (χ1n) is 8.53. The van der Waals surface area contributed by atoms with Crippen molar-refractivity contribution in [2.24, 2.45) is 0 Å². The molecule has 0 saturated heterocycles. The van der Waals surface area contributed by atoms with Crippen molar-refractivity contribution >= 4 is 17.8 Å². The smallest absolute Gasteiger partial charge is 0.326 e. The third-order valence-corrected chi connectivity index (χ3v) is 3.99. The van der Waals surface area contributed by atoms with Crippen LogP contribution in [0.4, 0.5) is 8.78 Å². The molecule has 2 rings (SSSR count). The average Bonchev–Trinajstić information content (AvgIpc) is 2.62. The summed E-state index contributed by atoms with van der Waals surface area (Å²) in [5.41, 5.74) is 0.995. The molecule has 2 amide bonds. The minimum atomic E-state index is -1.28. The first-order valence-corrected chi connectivity index (χ1v) is 8.53. The van der Waals surface area contributed by atoms with Crippen LogP contribution >= 0.6 is 0 Å². The first-order chi connectivity index (χ1) is 13.2. The molecule has 0 radical (unpaired) electrons. The lowest BCUT2D eigenvalue weighted by Gasteiger charge is -2.21. The van der Waals surface area contributed by atoms with Gasteiger partial charge in [0.25, 0.3) is 0 Å². The van der Waals surface area contributed by atoms with E-state index >= 15 is 0 Å². The normalized spacial score (nSPS) is 12.7. The molecule has 3 N–H and O–H groups in total. The maximum atomic E-state index is 13.4. The van der Waals surface area contributed by atoms with Gasteiger partial charge in [0.15, 0.2) is 0 Å². The third-order valence-electron chi connectivity index (χ3n) is 3.99. The molecule has 0 unspecified atom stereocenters. The second-order valence-electron chi connectivity index (χ2n) is 6.32. The molecule has 2 atom stereocenters. The average molecular weight is 390 g/mol. The van der Waals surface area contributed by atoms with Crippen molar-refractivity contribution in [2.75, 3.05) is 0 Å². The van der Waals surface area contributed by atoms with Crippen molar-refractivity contribution in [1.29, 1.82) is 0 Å². The van der Waals surface area contributed by atoms with Gasteiger partial charge in [-0.2, -0.15) is 0 Å². The Hall–Kier alpha value is -3.29. The molecule has 0 heterocycles. The van der Waals surface area contributed by atoms with E-state index in [-0.39, 0.29) is 12.8 Å². The summed E-state index contributed by atoms with van der Waals surface area (Å²) in [4.78, 5) is 35.6. The Balaban J connectivity index is 2.12. The molecule has 0 fully saturated rings. The number of benzene rings is 2. The zero-order chi connectivity index (χ0) is 20.7. The number of halogens is 2. The Morgan fingerprint density at radius 1 is 0.893 bits per heavy atom. The fraction of sp³-hybridized carbons (Fsp3) is 0.250. The number of hydrogen-bond acceptors (Lipinski definition) is 3. The molecule has 0 aliphatic rings. The Labute approximate surface area is 160 Å². The van der Waals surface area contributed by atoms with Gasteiger partial charge in [-0.05, 0) is 35.4 Å². The number of aliphatic carboxylic acids is 1. The topological polar surface area (TPSA) is 95.5 Å². The summed E-state index contributed by atoms with van der Waals surface area (Å²) in [5, 5.41) is 14.2. The van der Waals surface area contributed by atoms with E-state index in [4.69, 9.17) is 0 Å². The quantitative estimate of drug-likeness (QED) is 0.641. The van der Waals surface area contributed by atoms with Gasteiger partial charge in [0.1, 0.15) is 23.7 Å². The van der Waals surface area contributed by atoms with E-state index in [9.17, 15) is 28.3 Å². The van der Waals surface area contributed by atoms with Gasteiger partial charge in [0, 0.05) is 19.8 Å². The molecule has 6 nitrogen and oxygen atoms in total. The molecule has 0 aromatic heterocycles. The molecule has 2 aromatic rings. The number of carbonyl (C=O) groups is 3. The van der Waals surface area contributed by atoms with Crippen LogP contribution < -0.4 is 10.6 Å². The zero-order valence-corrected chi connectivity index (χ0v) is 15.1. The SMILES string of the molecule is CC(=O)N[C@H](Cc1cccc(F)c1)C(=O)N[C@@H](Cc1ccc(F)cc1)C(=O)O. The predicted molar refractivity (Wildman–Crippen MR) is 97.4 cm³/mol. The van der Waals surface area contributed by atoms with E-state index < -0.39 is 41.5 Å². The summed E-state index contributed by atoms with van der Waals surface area (Å²) in [6, 6.07) is 8.44. The zero-order valence-electron chi connectivity index (χ0n) is 15.1. The summed E-state index contributed by atoms with van der Waals surface area (Å²) in [7, 11) is 0. The van der Waals surface area contributed by atoms with Crippen molar-refractivity contribution in [2.45, 2.75) is 31.8 Å². The highest BCUT2D eigenvalue weighted by molar-refractivity contribution is 5.90. The molecule has 148 valence electrons. The molecule has 2 aromatic carbocycles. The largest absolute Gasteiger partial charge is 0.480 e. The van der Waals surface area contributed by atoms with E-state index in [0.29, 0.717) is 11.1 Å². The molecule has 0 saturated carbocycles. The van der Waals surface area contributed by atoms with Gasteiger partial charge in [-0.1, -0.05) is 24.3 Å². The van der Waals surface area contributed by atoms with Crippen LogP contribution in [0.3, 0.4) is 0 Å². The Kier molecular flexibility index (Phi) is 7.20. The highest BCUT2D eigenvalue weighted by atomic mass is 19.1. The summed E-state index contributed by atoms with van der Waals surface area (Å²) in [5.74, 6) is -3.42. The first kappa shape index (κ1) is 21.0. The van der Waals surface area contributed by atoms with Crippen molar-refractivity contribution in [3.63, 3.8) is 0 Å². The summed E-state index contributed by atoms with van der Waals surface area (Å²) < 4.78 is 26.4. The van der Waals surface area contributed by atoms with Gasteiger partial charge in [-0.3, -0.25) is 9.59 Å². The summed E-state index contributed by atoms with van der Waals surface area (Å²) >= 11 is 0. The molecular weight excluding hydrogens is 370 g/mol. The highest BCUT2D eigenvalue weighted by Crippen LogP contribution is 2.09. The Bertz CT molecular complexity index is 856. The highest BCUT2D eigenvalue weighted by Gasteiger charge is 2.26. The van der Waals surface area contributed by atoms with Gasteiger partial charge in [-0.25, -0.2) is 13.6 Å². The summed E-state index contributed by atoms with van der Waals surface area (Å²) in [6.45, 7) is 1.22. The van der Waals surface area contributed by atoms with Crippen LogP contribution in [0.25, 0.3) is 0 Å². The van der Waals surface area contributed by atoms with E-state index in [1.165, 1.54) is 49.4 Å². The second kappa shape index (κ2) is 9.59. The molecular formula is C20H20F2N2O4. The van der Waals surface area contributed by atoms with Crippen molar-refractivity contribution in [3.8, 4) is 0 Å². The maximum Gasteiger partial charge on any atom is 0.326 e. The second-order valence-corrected chi connectivity index (χ2v) is 6.32. The Morgan fingerprint density at radius 2 is 1.54 bits per heavy atom. The standard InChI is InChI=1S/C20H20F2N2O4/c1-12(25)23-17(11-14-3-2-4-16(22)9-14)19(26)24-18(20(27)28)10-13-5-7-15(21)8-6-13/h2-9,17-18H,10-11H2,1H3,(H,23,25)(H,24,26)(H,27,28)/t17-,18+/m1/s1. The molecule has 0 aliphatic carbocycles. The lowest BCUT2D eigenvalue weighted by atomic mass is 10.0. The summed E-state index contributed by atoms with van der Waals surface area (Å²) in [6.07, 6.45) is -0.0693. The number of amides is 2. The molecule has 8 heteroatoms.